The molecule has 1 fully saturated rings. The summed E-state index contributed by atoms with van der Waals surface area (Å²) < 4.78 is 1.83. The maximum atomic E-state index is 12.7. The average Bonchev–Trinajstić information content (AvgIpc) is 3.20. The van der Waals surface area contributed by atoms with Crippen molar-refractivity contribution in [2.75, 3.05) is 5.32 Å². The highest BCUT2D eigenvalue weighted by atomic mass is 16.1. The standard InChI is InChI=1S/C19H21N5O/c1-3-24-11-15(18(23-24)13-8-9-13)19(25)20-17-10-16(21-22-17)14-7-5-4-6-12(14)2/h4-7,10-11,13H,3,8-9H2,1-2H3,(H2,20,21,22,25). The lowest BCUT2D eigenvalue weighted by molar-refractivity contribution is 0.102. The van der Waals surface area contributed by atoms with Crippen LogP contribution in [0.2, 0.25) is 0 Å². The van der Waals surface area contributed by atoms with Crippen molar-refractivity contribution in [3.8, 4) is 11.3 Å². The van der Waals surface area contributed by atoms with Gasteiger partial charge in [0.05, 0.1) is 17.0 Å². The van der Waals surface area contributed by atoms with Gasteiger partial charge in [-0.25, -0.2) is 0 Å². The molecule has 0 radical (unpaired) electrons. The summed E-state index contributed by atoms with van der Waals surface area (Å²) in [6.45, 7) is 4.83. The van der Waals surface area contributed by atoms with E-state index in [0.29, 0.717) is 17.3 Å². The summed E-state index contributed by atoms with van der Waals surface area (Å²) in [6, 6.07) is 9.94. The fraction of sp³-hybridized carbons (Fsp3) is 0.316. The van der Waals surface area contributed by atoms with Crippen molar-refractivity contribution in [1.29, 1.82) is 0 Å². The van der Waals surface area contributed by atoms with Gasteiger partial charge in [-0.1, -0.05) is 24.3 Å². The van der Waals surface area contributed by atoms with Crippen LogP contribution < -0.4 is 5.32 Å². The lowest BCUT2D eigenvalue weighted by Gasteiger charge is -2.02. The first-order valence-corrected chi connectivity index (χ1v) is 8.66. The zero-order valence-electron chi connectivity index (χ0n) is 14.4. The van der Waals surface area contributed by atoms with Crippen LogP contribution in [0.3, 0.4) is 0 Å². The molecule has 1 aromatic carbocycles. The van der Waals surface area contributed by atoms with Crippen molar-refractivity contribution >= 4 is 11.7 Å². The van der Waals surface area contributed by atoms with Gasteiger partial charge in [0.15, 0.2) is 5.82 Å². The van der Waals surface area contributed by atoms with Crippen LogP contribution in [-0.4, -0.2) is 25.9 Å². The van der Waals surface area contributed by atoms with E-state index in [1.165, 1.54) is 0 Å². The number of aromatic nitrogens is 4. The first kappa shape index (κ1) is 15.6. The van der Waals surface area contributed by atoms with E-state index in [9.17, 15) is 4.79 Å². The number of anilines is 1. The summed E-state index contributed by atoms with van der Waals surface area (Å²) in [7, 11) is 0. The average molecular weight is 335 g/mol. The SMILES string of the molecule is CCn1cc(C(=O)Nc2cc(-c3ccccc3C)[nH]n2)c(C2CC2)n1. The highest BCUT2D eigenvalue weighted by Gasteiger charge is 2.31. The number of carbonyl (C=O) groups excluding carboxylic acids is 1. The molecule has 2 N–H and O–H groups in total. The molecule has 6 heteroatoms. The lowest BCUT2D eigenvalue weighted by Crippen LogP contribution is -2.13. The van der Waals surface area contributed by atoms with Gasteiger partial charge in [0.1, 0.15) is 0 Å². The summed E-state index contributed by atoms with van der Waals surface area (Å²) in [5.74, 6) is 0.800. The number of benzene rings is 1. The normalized spacial score (nSPS) is 13.8. The number of nitrogens with one attached hydrogen (secondary N) is 2. The highest BCUT2D eigenvalue weighted by Crippen LogP contribution is 2.40. The fourth-order valence-corrected chi connectivity index (χ4v) is 3.01. The molecule has 4 rings (SSSR count). The van der Waals surface area contributed by atoms with E-state index >= 15 is 0 Å². The second-order valence-electron chi connectivity index (χ2n) is 6.49. The molecule has 0 saturated heterocycles. The Morgan fingerprint density at radius 2 is 2.16 bits per heavy atom. The monoisotopic (exact) mass is 335 g/mol. The van der Waals surface area contributed by atoms with Gasteiger partial charge in [-0.3, -0.25) is 14.6 Å². The molecule has 0 unspecified atom stereocenters. The molecule has 0 aliphatic heterocycles. The van der Waals surface area contributed by atoms with Crippen molar-refractivity contribution in [1.82, 2.24) is 20.0 Å². The third kappa shape index (κ3) is 3.07. The molecule has 2 aromatic heterocycles. The van der Waals surface area contributed by atoms with Crippen molar-refractivity contribution in [3.05, 3.63) is 53.3 Å². The van der Waals surface area contributed by atoms with Crippen LogP contribution in [-0.2, 0) is 6.54 Å². The van der Waals surface area contributed by atoms with Crippen LogP contribution in [0.1, 0.15) is 47.3 Å². The minimum absolute atomic E-state index is 0.149. The zero-order valence-corrected chi connectivity index (χ0v) is 14.4. The Labute approximate surface area is 146 Å². The molecular formula is C19H21N5O. The zero-order chi connectivity index (χ0) is 17.4. The van der Waals surface area contributed by atoms with Crippen molar-refractivity contribution < 1.29 is 4.79 Å². The third-order valence-electron chi connectivity index (χ3n) is 4.58. The molecular weight excluding hydrogens is 314 g/mol. The molecule has 0 atom stereocenters. The predicted molar refractivity (Wildman–Crippen MR) is 96.6 cm³/mol. The van der Waals surface area contributed by atoms with Gasteiger partial charge < -0.3 is 5.32 Å². The molecule has 1 amide bonds. The number of amides is 1. The van der Waals surface area contributed by atoms with Gasteiger partial charge >= 0.3 is 0 Å². The maximum Gasteiger partial charge on any atom is 0.260 e. The number of aryl methyl sites for hydroxylation is 2. The molecule has 128 valence electrons. The summed E-state index contributed by atoms with van der Waals surface area (Å²) in [5, 5.41) is 14.7. The summed E-state index contributed by atoms with van der Waals surface area (Å²) >= 11 is 0. The van der Waals surface area contributed by atoms with Gasteiger partial charge in [0, 0.05) is 30.3 Å². The topological polar surface area (TPSA) is 75.6 Å². The van der Waals surface area contributed by atoms with E-state index in [-0.39, 0.29) is 5.91 Å². The Balaban J connectivity index is 1.56. The number of carbonyl (C=O) groups is 1. The number of hydrogen-bond donors (Lipinski definition) is 2. The molecule has 6 nitrogen and oxygen atoms in total. The number of H-pyrrole nitrogens is 1. The fourth-order valence-electron chi connectivity index (χ4n) is 3.01. The van der Waals surface area contributed by atoms with Gasteiger partial charge in [-0.15, -0.1) is 0 Å². The maximum absolute atomic E-state index is 12.7. The predicted octanol–water partition coefficient (Wildman–Crippen LogP) is 3.73. The van der Waals surface area contributed by atoms with Crippen LogP contribution >= 0.6 is 0 Å². The van der Waals surface area contributed by atoms with Crippen LogP contribution in [0.4, 0.5) is 5.82 Å². The Morgan fingerprint density at radius 3 is 2.88 bits per heavy atom. The van der Waals surface area contributed by atoms with Crippen molar-refractivity contribution in [2.45, 2.75) is 39.2 Å². The molecule has 0 spiro atoms. The number of hydrogen-bond acceptors (Lipinski definition) is 3. The van der Waals surface area contributed by atoms with Crippen molar-refractivity contribution in [2.24, 2.45) is 0 Å². The first-order valence-electron chi connectivity index (χ1n) is 8.66. The van der Waals surface area contributed by atoms with E-state index in [1.54, 1.807) is 0 Å². The quantitative estimate of drug-likeness (QED) is 0.746. The highest BCUT2D eigenvalue weighted by molar-refractivity contribution is 6.04. The minimum Gasteiger partial charge on any atom is -0.305 e. The smallest absolute Gasteiger partial charge is 0.260 e. The van der Waals surface area contributed by atoms with Gasteiger partial charge in [-0.2, -0.15) is 10.2 Å². The third-order valence-corrected chi connectivity index (χ3v) is 4.58. The van der Waals surface area contributed by atoms with Crippen LogP contribution in [0.5, 0.6) is 0 Å². The molecule has 2 heterocycles. The molecule has 1 saturated carbocycles. The Bertz CT molecular complexity index is 920. The number of aromatic amines is 1. The number of rotatable bonds is 5. The lowest BCUT2D eigenvalue weighted by atomic mass is 10.1. The van der Waals surface area contributed by atoms with Crippen LogP contribution in [0, 0.1) is 6.92 Å². The minimum atomic E-state index is -0.149. The van der Waals surface area contributed by atoms with Gasteiger partial charge in [0.25, 0.3) is 5.91 Å². The van der Waals surface area contributed by atoms with Gasteiger partial charge in [0.2, 0.25) is 0 Å². The van der Waals surface area contributed by atoms with E-state index in [1.807, 2.05) is 42.1 Å². The van der Waals surface area contributed by atoms with Crippen LogP contribution in [0.15, 0.2) is 36.5 Å². The molecule has 25 heavy (non-hydrogen) atoms. The van der Waals surface area contributed by atoms with Crippen molar-refractivity contribution in [3.63, 3.8) is 0 Å². The van der Waals surface area contributed by atoms with Gasteiger partial charge in [-0.05, 0) is 32.3 Å². The van der Waals surface area contributed by atoms with E-state index in [0.717, 1.165) is 41.9 Å². The Hall–Kier alpha value is -2.89. The molecule has 3 aromatic rings. The summed E-state index contributed by atoms with van der Waals surface area (Å²) in [6.07, 6.45) is 4.06. The molecule has 1 aliphatic rings. The summed E-state index contributed by atoms with van der Waals surface area (Å²) in [5.41, 5.74) is 4.69. The van der Waals surface area contributed by atoms with E-state index in [4.69, 9.17) is 0 Å². The largest absolute Gasteiger partial charge is 0.305 e. The Kier molecular flexibility index (Phi) is 3.87. The van der Waals surface area contributed by atoms with E-state index < -0.39 is 0 Å². The first-order chi connectivity index (χ1) is 12.2. The number of nitrogens with zero attached hydrogens (tertiary/aromatic N) is 3. The van der Waals surface area contributed by atoms with E-state index in [2.05, 4.69) is 33.6 Å². The molecule has 1 aliphatic carbocycles. The molecule has 0 bridgehead atoms. The van der Waals surface area contributed by atoms with Crippen LogP contribution in [0.25, 0.3) is 11.3 Å². The second-order valence-corrected chi connectivity index (χ2v) is 6.49. The Morgan fingerprint density at radius 1 is 1.36 bits per heavy atom. The summed E-state index contributed by atoms with van der Waals surface area (Å²) in [4.78, 5) is 12.7. The second kappa shape index (κ2) is 6.20.